The van der Waals surface area contributed by atoms with Gasteiger partial charge in [0.05, 0.1) is 17.7 Å². The number of amides is 1. The number of benzene rings is 2. The normalized spacial score (nSPS) is 14.5. The van der Waals surface area contributed by atoms with Gasteiger partial charge in [0.2, 0.25) is 0 Å². The number of nitrogens with one attached hydrogen (secondary N) is 3. The molecule has 1 amide bonds. The van der Waals surface area contributed by atoms with Crippen molar-refractivity contribution < 1.29 is 9.53 Å². The Morgan fingerprint density at radius 2 is 1.81 bits per heavy atom. The predicted octanol–water partition coefficient (Wildman–Crippen LogP) is 4.73. The highest BCUT2D eigenvalue weighted by Gasteiger charge is 2.19. The van der Waals surface area contributed by atoms with Crippen molar-refractivity contribution in [1.29, 1.82) is 0 Å². The Labute approximate surface area is 219 Å². The lowest BCUT2D eigenvalue weighted by molar-refractivity contribution is 0.0625. The van der Waals surface area contributed by atoms with Crippen LogP contribution in [0.5, 0.6) is 11.5 Å². The number of hydrazine groups is 1. The third-order valence-corrected chi connectivity index (χ3v) is 6.27. The number of piperazine rings is 1. The van der Waals surface area contributed by atoms with E-state index in [0.717, 1.165) is 54.3 Å². The number of halogens is 1. The minimum absolute atomic E-state index is 0.249. The summed E-state index contributed by atoms with van der Waals surface area (Å²) >= 11 is 3.46. The first kappa shape index (κ1) is 25.6. The van der Waals surface area contributed by atoms with Crippen molar-refractivity contribution in [3.8, 4) is 11.5 Å². The molecule has 3 aromatic rings. The molecule has 0 saturated carbocycles. The number of ether oxygens (including phenoxy) is 1. The van der Waals surface area contributed by atoms with Gasteiger partial charge >= 0.3 is 0 Å². The first-order valence-electron chi connectivity index (χ1n) is 11.8. The van der Waals surface area contributed by atoms with Crippen LogP contribution in [0.3, 0.4) is 0 Å². The molecule has 9 nitrogen and oxygen atoms in total. The summed E-state index contributed by atoms with van der Waals surface area (Å²) in [5, 5.41) is 8.51. The molecule has 0 atom stereocenters. The van der Waals surface area contributed by atoms with Crippen LogP contribution in [0.15, 0.2) is 70.3 Å². The predicted molar refractivity (Wildman–Crippen MR) is 147 cm³/mol. The van der Waals surface area contributed by atoms with E-state index in [1.165, 1.54) is 0 Å². The maximum absolute atomic E-state index is 12.8. The molecule has 36 heavy (non-hydrogen) atoms. The summed E-state index contributed by atoms with van der Waals surface area (Å²) in [5.74, 6) is 0.882. The first-order valence-corrected chi connectivity index (χ1v) is 12.6. The highest BCUT2D eigenvalue weighted by atomic mass is 79.9. The molecule has 2 heterocycles. The SMILES string of the molecule is CCN1CCN(NC(=O)c2cc(Oc3ccc(Nc4ccc(Br)cc4)c(NC=NC)c3)ccn2)CC1. The molecule has 2 aromatic carbocycles. The number of pyridine rings is 1. The Hall–Kier alpha value is -3.47. The van der Waals surface area contributed by atoms with Gasteiger partial charge in [-0.1, -0.05) is 22.9 Å². The van der Waals surface area contributed by atoms with Crippen molar-refractivity contribution in [3.63, 3.8) is 0 Å². The third-order valence-electron chi connectivity index (χ3n) is 5.74. The Morgan fingerprint density at radius 1 is 1.06 bits per heavy atom. The second-order valence-corrected chi connectivity index (χ2v) is 9.13. The zero-order chi connectivity index (χ0) is 25.3. The molecule has 188 valence electrons. The molecular weight excluding hydrogens is 522 g/mol. The van der Waals surface area contributed by atoms with Gasteiger partial charge in [0.1, 0.15) is 17.2 Å². The summed E-state index contributed by atoms with van der Waals surface area (Å²) in [6.07, 6.45) is 3.19. The maximum atomic E-state index is 12.8. The largest absolute Gasteiger partial charge is 0.457 e. The number of aromatic nitrogens is 1. The fraction of sp³-hybridized carbons (Fsp3) is 0.269. The second-order valence-electron chi connectivity index (χ2n) is 8.21. The van der Waals surface area contributed by atoms with E-state index < -0.39 is 0 Å². The third kappa shape index (κ3) is 7.03. The Bertz CT molecular complexity index is 1200. The second kappa shape index (κ2) is 12.5. The lowest BCUT2D eigenvalue weighted by Gasteiger charge is -2.33. The molecule has 1 saturated heterocycles. The summed E-state index contributed by atoms with van der Waals surface area (Å²) in [4.78, 5) is 23.4. The smallest absolute Gasteiger partial charge is 0.284 e. The van der Waals surface area contributed by atoms with Gasteiger partial charge in [0, 0.05) is 61.7 Å². The van der Waals surface area contributed by atoms with Crippen LogP contribution in [0, 0.1) is 0 Å². The van der Waals surface area contributed by atoms with Crippen molar-refractivity contribution in [2.75, 3.05) is 50.4 Å². The molecule has 0 spiro atoms. The average molecular weight is 552 g/mol. The topological polar surface area (TPSA) is 94.1 Å². The van der Waals surface area contributed by atoms with E-state index >= 15 is 0 Å². The molecule has 1 fully saturated rings. The van der Waals surface area contributed by atoms with Crippen LogP contribution in [0.4, 0.5) is 17.1 Å². The molecule has 0 radical (unpaired) electrons. The highest BCUT2D eigenvalue weighted by Crippen LogP contribution is 2.32. The summed E-state index contributed by atoms with van der Waals surface area (Å²) in [6, 6.07) is 17.0. The van der Waals surface area contributed by atoms with Crippen molar-refractivity contribution in [2.45, 2.75) is 6.92 Å². The number of nitrogens with zero attached hydrogens (tertiary/aromatic N) is 4. The Balaban J connectivity index is 1.45. The summed E-state index contributed by atoms with van der Waals surface area (Å²) in [7, 11) is 1.70. The molecule has 1 aliphatic rings. The summed E-state index contributed by atoms with van der Waals surface area (Å²) in [6.45, 7) is 6.60. The van der Waals surface area contributed by atoms with E-state index in [-0.39, 0.29) is 5.91 Å². The number of carbonyl (C=O) groups is 1. The average Bonchev–Trinajstić information content (AvgIpc) is 2.90. The zero-order valence-electron chi connectivity index (χ0n) is 20.4. The van der Waals surface area contributed by atoms with Gasteiger partial charge in [0.15, 0.2) is 0 Å². The number of hydrogen-bond donors (Lipinski definition) is 3. The lowest BCUT2D eigenvalue weighted by Crippen LogP contribution is -2.53. The molecule has 0 aliphatic carbocycles. The van der Waals surface area contributed by atoms with Gasteiger partial charge in [-0.3, -0.25) is 20.2 Å². The fourth-order valence-corrected chi connectivity index (χ4v) is 4.01. The number of rotatable bonds is 9. The van der Waals surface area contributed by atoms with E-state index in [2.05, 4.69) is 53.8 Å². The van der Waals surface area contributed by atoms with Crippen molar-refractivity contribution in [1.82, 2.24) is 20.3 Å². The van der Waals surface area contributed by atoms with Gasteiger partial charge < -0.3 is 20.3 Å². The molecule has 0 unspecified atom stereocenters. The van der Waals surface area contributed by atoms with Gasteiger partial charge in [-0.2, -0.15) is 0 Å². The standard InChI is InChI=1S/C26H30BrN7O2/c1-3-33-12-14-34(15-13-33)32-26(35)25-17-22(10-11-29-25)36-21-8-9-23(24(16-21)30-18-28-2)31-20-6-4-19(27)5-7-20/h4-11,16-18,31H,3,12-15H2,1-2H3,(H,28,30)(H,32,35). The van der Waals surface area contributed by atoms with Gasteiger partial charge in [-0.05, 0) is 49.0 Å². The Kier molecular flexibility index (Phi) is 8.88. The Morgan fingerprint density at radius 3 is 2.53 bits per heavy atom. The first-order chi connectivity index (χ1) is 17.5. The van der Waals surface area contributed by atoms with E-state index in [1.54, 1.807) is 31.7 Å². The number of likely N-dealkylation sites (N-methyl/N-ethyl adjacent to an activating group) is 1. The van der Waals surface area contributed by atoms with E-state index in [1.807, 2.05) is 47.5 Å². The number of anilines is 3. The van der Waals surface area contributed by atoms with Crippen molar-refractivity contribution in [2.24, 2.45) is 4.99 Å². The van der Waals surface area contributed by atoms with Crippen molar-refractivity contribution in [3.05, 3.63) is 71.0 Å². The quantitative estimate of drug-likeness (QED) is 0.261. The van der Waals surface area contributed by atoms with Crippen LogP contribution in [0.25, 0.3) is 0 Å². The number of aliphatic imine (C=N–C) groups is 1. The molecule has 1 aromatic heterocycles. The monoisotopic (exact) mass is 551 g/mol. The lowest BCUT2D eigenvalue weighted by atomic mass is 10.2. The summed E-state index contributed by atoms with van der Waals surface area (Å²) in [5.41, 5.74) is 5.86. The molecule has 0 bridgehead atoms. The number of carbonyl (C=O) groups excluding carboxylic acids is 1. The van der Waals surface area contributed by atoms with Crippen molar-refractivity contribution >= 4 is 45.2 Å². The van der Waals surface area contributed by atoms with Crippen LogP contribution in [0.1, 0.15) is 17.4 Å². The zero-order valence-corrected chi connectivity index (χ0v) is 22.0. The highest BCUT2D eigenvalue weighted by molar-refractivity contribution is 9.10. The van der Waals surface area contributed by atoms with E-state index in [0.29, 0.717) is 17.2 Å². The van der Waals surface area contributed by atoms with E-state index in [9.17, 15) is 4.79 Å². The minimum Gasteiger partial charge on any atom is -0.457 e. The van der Waals surface area contributed by atoms with Crippen LogP contribution in [0.2, 0.25) is 0 Å². The molecular formula is C26H30BrN7O2. The minimum atomic E-state index is -0.249. The summed E-state index contributed by atoms with van der Waals surface area (Å²) < 4.78 is 7.08. The molecule has 1 aliphatic heterocycles. The number of hydrogen-bond acceptors (Lipinski definition) is 7. The van der Waals surface area contributed by atoms with E-state index in [4.69, 9.17) is 4.74 Å². The van der Waals surface area contributed by atoms with Crippen LogP contribution in [-0.4, -0.2) is 66.9 Å². The molecule has 4 rings (SSSR count). The van der Waals surface area contributed by atoms with Crippen LogP contribution in [-0.2, 0) is 0 Å². The maximum Gasteiger partial charge on any atom is 0.284 e. The molecule has 3 N–H and O–H groups in total. The van der Waals surface area contributed by atoms with Crippen LogP contribution < -0.4 is 20.8 Å². The van der Waals surface area contributed by atoms with Gasteiger partial charge in [-0.25, -0.2) is 5.01 Å². The molecule has 10 heteroatoms. The fourth-order valence-electron chi connectivity index (χ4n) is 3.75. The van der Waals surface area contributed by atoms with Crippen LogP contribution >= 0.6 is 15.9 Å². The van der Waals surface area contributed by atoms with Gasteiger partial charge in [0.25, 0.3) is 5.91 Å². The van der Waals surface area contributed by atoms with Gasteiger partial charge in [-0.15, -0.1) is 0 Å².